The number of rotatable bonds is 32. The van der Waals surface area contributed by atoms with Crippen LogP contribution in [0.3, 0.4) is 0 Å². The molecule has 1 aliphatic rings. The Morgan fingerprint density at radius 1 is 0.614 bits per heavy atom. The minimum absolute atomic E-state index is 0.704. The van der Waals surface area contributed by atoms with Crippen molar-refractivity contribution in [2.24, 2.45) is 5.92 Å². The minimum atomic E-state index is 0.704. The van der Waals surface area contributed by atoms with Crippen LogP contribution in [0.1, 0.15) is 201 Å². The Kier molecular flexibility index (Phi) is 29.1. The fraction of sp³-hybridized carbons (Fsp3) is 0.927. The number of likely N-dealkylation sites (tertiary alicyclic amines) is 1. The second kappa shape index (κ2) is 31.0. The summed E-state index contributed by atoms with van der Waals surface area (Å²) in [6.07, 6.45) is 37.9. The highest BCUT2D eigenvalue weighted by Gasteiger charge is 2.17. The lowest BCUT2D eigenvalue weighted by molar-refractivity contribution is 0.255. The topological polar surface area (TPSA) is 30.3 Å². The SMILES string of the molecule is C=C(CCN(CCCCCCCCC)CCCCCCCCC)C(CCCCCCCCC)CCCN1CCCC(=N)CC1. The van der Waals surface area contributed by atoms with Gasteiger partial charge in [0.25, 0.3) is 0 Å². The van der Waals surface area contributed by atoms with Crippen molar-refractivity contribution in [1.29, 1.82) is 5.41 Å². The molecule has 0 bridgehead atoms. The van der Waals surface area contributed by atoms with Crippen LogP contribution in [0.2, 0.25) is 0 Å². The molecule has 0 spiro atoms. The lowest BCUT2D eigenvalue weighted by Gasteiger charge is -2.26. The van der Waals surface area contributed by atoms with E-state index in [4.69, 9.17) is 12.0 Å². The molecule has 0 aromatic carbocycles. The standard InChI is InChI=1S/C41H81N3/c1-5-8-11-14-17-20-23-28-40(29-26-35-44-36-27-30-41(42)32-38-44)39(4)31-37-43(33-24-21-18-15-12-9-6-2)34-25-22-19-16-13-10-7-3/h40,42H,4-38H2,1-3H3. The second-order valence-electron chi connectivity index (χ2n) is 14.5. The Bertz CT molecular complexity index is 626. The zero-order valence-electron chi connectivity index (χ0n) is 30.7. The van der Waals surface area contributed by atoms with Crippen molar-refractivity contribution in [1.82, 2.24) is 9.80 Å². The summed E-state index contributed by atoms with van der Waals surface area (Å²) in [5.41, 5.74) is 2.52. The smallest absolute Gasteiger partial charge is 0.0102 e. The lowest BCUT2D eigenvalue weighted by Crippen LogP contribution is -2.28. The van der Waals surface area contributed by atoms with Crippen molar-refractivity contribution >= 4 is 5.71 Å². The third-order valence-corrected chi connectivity index (χ3v) is 10.3. The molecule has 44 heavy (non-hydrogen) atoms. The summed E-state index contributed by atoms with van der Waals surface area (Å²) in [6, 6.07) is 0. The van der Waals surface area contributed by atoms with Crippen molar-refractivity contribution < 1.29 is 0 Å². The van der Waals surface area contributed by atoms with Crippen LogP contribution in [0.4, 0.5) is 0 Å². The highest BCUT2D eigenvalue weighted by molar-refractivity contribution is 5.81. The van der Waals surface area contributed by atoms with Crippen molar-refractivity contribution in [3.05, 3.63) is 12.2 Å². The van der Waals surface area contributed by atoms with Gasteiger partial charge in [-0.3, -0.25) is 0 Å². The van der Waals surface area contributed by atoms with Gasteiger partial charge in [0.05, 0.1) is 0 Å². The van der Waals surface area contributed by atoms with Gasteiger partial charge in [-0.2, -0.15) is 0 Å². The Morgan fingerprint density at radius 3 is 1.64 bits per heavy atom. The third kappa shape index (κ3) is 24.5. The van der Waals surface area contributed by atoms with Crippen molar-refractivity contribution in [2.75, 3.05) is 39.3 Å². The van der Waals surface area contributed by atoms with Crippen LogP contribution in [-0.4, -0.2) is 54.8 Å². The molecule has 0 aromatic heterocycles. The number of nitrogens with one attached hydrogen (secondary N) is 1. The fourth-order valence-electron chi connectivity index (χ4n) is 7.16. The van der Waals surface area contributed by atoms with E-state index in [2.05, 4.69) is 30.6 Å². The maximum absolute atomic E-state index is 8.08. The van der Waals surface area contributed by atoms with Gasteiger partial charge in [0.1, 0.15) is 0 Å². The van der Waals surface area contributed by atoms with Gasteiger partial charge < -0.3 is 15.2 Å². The summed E-state index contributed by atoms with van der Waals surface area (Å²) >= 11 is 0. The van der Waals surface area contributed by atoms with Gasteiger partial charge in [-0.05, 0) is 89.9 Å². The van der Waals surface area contributed by atoms with Gasteiger partial charge in [0.15, 0.2) is 0 Å². The molecule has 1 heterocycles. The maximum atomic E-state index is 8.08. The summed E-state index contributed by atoms with van der Waals surface area (Å²) in [7, 11) is 0. The van der Waals surface area contributed by atoms with E-state index in [-0.39, 0.29) is 0 Å². The van der Waals surface area contributed by atoms with Crippen molar-refractivity contribution in [2.45, 2.75) is 201 Å². The first-order valence-corrected chi connectivity index (χ1v) is 20.3. The first-order valence-electron chi connectivity index (χ1n) is 20.3. The molecule has 1 unspecified atom stereocenters. The Hall–Kier alpha value is -0.670. The molecule has 260 valence electrons. The average molecular weight is 616 g/mol. The van der Waals surface area contributed by atoms with Gasteiger partial charge in [-0.15, -0.1) is 0 Å². The predicted molar refractivity (Wildman–Crippen MR) is 200 cm³/mol. The van der Waals surface area contributed by atoms with E-state index in [1.54, 1.807) is 5.57 Å². The maximum Gasteiger partial charge on any atom is 0.0102 e. The largest absolute Gasteiger partial charge is 0.310 e. The molecule has 1 fully saturated rings. The Labute approximate surface area is 278 Å². The number of nitrogens with zero attached hydrogens (tertiary/aromatic N) is 2. The van der Waals surface area contributed by atoms with E-state index >= 15 is 0 Å². The van der Waals surface area contributed by atoms with Crippen molar-refractivity contribution in [3.8, 4) is 0 Å². The zero-order valence-corrected chi connectivity index (χ0v) is 30.7. The van der Waals surface area contributed by atoms with Crippen LogP contribution in [0.5, 0.6) is 0 Å². The zero-order chi connectivity index (χ0) is 31.9. The number of unbranched alkanes of at least 4 members (excludes halogenated alkanes) is 18. The van der Waals surface area contributed by atoms with Gasteiger partial charge >= 0.3 is 0 Å². The normalized spacial score (nSPS) is 15.2. The Morgan fingerprint density at radius 2 is 1.09 bits per heavy atom. The monoisotopic (exact) mass is 616 g/mol. The van der Waals surface area contributed by atoms with Crippen LogP contribution in [0, 0.1) is 11.3 Å². The summed E-state index contributed by atoms with van der Waals surface area (Å²) in [4.78, 5) is 5.46. The molecule has 1 rings (SSSR count). The van der Waals surface area contributed by atoms with E-state index in [1.165, 1.54) is 200 Å². The number of hydrogen-bond acceptors (Lipinski definition) is 3. The van der Waals surface area contributed by atoms with E-state index in [0.29, 0.717) is 5.92 Å². The molecule has 3 nitrogen and oxygen atoms in total. The summed E-state index contributed by atoms with van der Waals surface area (Å²) < 4.78 is 0. The van der Waals surface area contributed by atoms with Gasteiger partial charge in [0, 0.05) is 18.8 Å². The highest BCUT2D eigenvalue weighted by Crippen LogP contribution is 2.26. The molecule has 1 saturated heterocycles. The lowest BCUT2D eigenvalue weighted by atomic mass is 9.87. The van der Waals surface area contributed by atoms with Gasteiger partial charge in [-0.25, -0.2) is 0 Å². The van der Waals surface area contributed by atoms with Gasteiger partial charge in [-0.1, -0.05) is 155 Å². The van der Waals surface area contributed by atoms with E-state index in [1.807, 2.05) is 0 Å². The molecule has 0 radical (unpaired) electrons. The van der Waals surface area contributed by atoms with E-state index < -0.39 is 0 Å². The fourth-order valence-corrected chi connectivity index (χ4v) is 7.16. The molecule has 3 heteroatoms. The molecular weight excluding hydrogens is 534 g/mol. The summed E-state index contributed by atoms with van der Waals surface area (Å²) in [5.74, 6) is 0.704. The van der Waals surface area contributed by atoms with Crippen LogP contribution >= 0.6 is 0 Å². The predicted octanol–water partition coefficient (Wildman–Crippen LogP) is 12.8. The molecule has 1 atom stereocenters. The van der Waals surface area contributed by atoms with E-state index in [9.17, 15) is 0 Å². The van der Waals surface area contributed by atoms with Crippen LogP contribution < -0.4 is 0 Å². The quantitative estimate of drug-likeness (QED) is 0.0602. The van der Waals surface area contributed by atoms with Gasteiger partial charge in [0.2, 0.25) is 0 Å². The first kappa shape index (κ1) is 41.4. The van der Waals surface area contributed by atoms with Crippen LogP contribution in [0.25, 0.3) is 0 Å². The molecule has 0 amide bonds. The molecule has 1 N–H and O–H groups in total. The first-order chi connectivity index (χ1) is 21.6. The van der Waals surface area contributed by atoms with E-state index in [0.717, 1.165) is 25.1 Å². The molecule has 0 aliphatic carbocycles. The summed E-state index contributed by atoms with van der Waals surface area (Å²) in [6.45, 7) is 19.1. The molecular formula is C41H81N3. The highest BCUT2D eigenvalue weighted by atomic mass is 15.1. The minimum Gasteiger partial charge on any atom is -0.310 e. The molecule has 1 aliphatic heterocycles. The number of hydrogen-bond donors (Lipinski definition) is 1. The average Bonchev–Trinajstić information content (AvgIpc) is 3.24. The summed E-state index contributed by atoms with van der Waals surface area (Å²) in [5, 5.41) is 8.08. The van der Waals surface area contributed by atoms with Crippen LogP contribution in [0.15, 0.2) is 12.2 Å². The molecule has 0 aromatic rings. The van der Waals surface area contributed by atoms with Crippen LogP contribution in [-0.2, 0) is 0 Å². The van der Waals surface area contributed by atoms with Crippen molar-refractivity contribution in [3.63, 3.8) is 0 Å². The third-order valence-electron chi connectivity index (χ3n) is 10.3. The Balaban J connectivity index is 2.57. The molecule has 0 saturated carbocycles. The second-order valence-corrected chi connectivity index (χ2v) is 14.5.